The first-order chi connectivity index (χ1) is 7.66. The summed E-state index contributed by atoms with van der Waals surface area (Å²) in [6.07, 6.45) is 6.41. The molecule has 0 bridgehead atoms. The van der Waals surface area contributed by atoms with Crippen molar-refractivity contribution in [3.05, 3.63) is 0 Å². The van der Waals surface area contributed by atoms with Gasteiger partial charge in [-0.05, 0) is 37.6 Å². The van der Waals surface area contributed by atoms with E-state index in [1.54, 1.807) is 7.11 Å². The summed E-state index contributed by atoms with van der Waals surface area (Å²) in [5, 5.41) is 3.38. The SMILES string of the molecule is CCCCC(CC)(CNC)C(C)CCOC. The first-order valence-corrected chi connectivity index (χ1v) is 6.80. The highest BCUT2D eigenvalue weighted by Crippen LogP contribution is 2.38. The average molecular weight is 229 g/mol. The van der Waals surface area contributed by atoms with Gasteiger partial charge in [0.05, 0.1) is 0 Å². The van der Waals surface area contributed by atoms with Gasteiger partial charge in [-0.2, -0.15) is 0 Å². The van der Waals surface area contributed by atoms with Crippen LogP contribution in [0.1, 0.15) is 52.9 Å². The molecule has 0 saturated carbocycles. The highest BCUT2D eigenvalue weighted by molar-refractivity contribution is 4.85. The minimum Gasteiger partial charge on any atom is -0.385 e. The Morgan fingerprint density at radius 3 is 2.44 bits per heavy atom. The predicted octanol–water partition coefficient (Wildman–Crippen LogP) is 3.47. The fourth-order valence-electron chi connectivity index (χ4n) is 2.64. The van der Waals surface area contributed by atoms with Gasteiger partial charge in [0.2, 0.25) is 0 Å². The van der Waals surface area contributed by atoms with Crippen molar-refractivity contribution in [2.24, 2.45) is 11.3 Å². The topological polar surface area (TPSA) is 21.3 Å². The smallest absolute Gasteiger partial charge is 0.0465 e. The van der Waals surface area contributed by atoms with Gasteiger partial charge in [0.1, 0.15) is 0 Å². The van der Waals surface area contributed by atoms with E-state index >= 15 is 0 Å². The lowest BCUT2D eigenvalue weighted by Crippen LogP contribution is -2.38. The maximum absolute atomic E-state index is 5.21. The Hall–Kier alpha value is -0.0800. The van der Waals surface area contributed by atoms with Crippen LogP contribution in [0.3, 0.4) is 0 Å². The van der Waals surface area contributed by atoms with E-state index in [1.165, 1.54) is 32.1 Å². The number of hydrogen-bond acceptors (Lipinski definition) is 2. The van der Waals surface area contributed by atoms with E-state index < -0.39 is 0 Å². The molecule has 2 nitrogen and oxygen atoms in total. The second kappa shape index (κ2) is 9.00. The summed E-state index contributed by atoms with van der Waals surface area (Å²) in [7, 11) is 3.86. The molecule has 0 spiro atoms. The number of nitrogens with one attached hydrogen (secondary N) is 1. The molecule has 0 saturated heterocycles. The van der Waals surface area contributed by atoms with Gasteiger partial charge in [-0.15, -0.1) is 0 Å². The first kappa shape index (κ1) is 15.9. The van der Waals surface area contributed by atoms with Crippen LogP contribution in [0.5, 0.6) is 0 Å². The minimum absolute atomic E-state index is 0.462. The Morgan fingerprint density at radius 1 is 1.31 bits per heavy atom. The Kier molecular flexibility index (Phi) is 8.96. The van der Waals surface area contributed by atoms with E-state index in [0.717, 1.165) is 19.1 Å². The Labute approximate surface area is 102 Å². The van der Waals surface area contributed by atoms with Crippen LogP contribution in [0, 0.1) is 11.3 Å². The molecule has 0 aromatic rings. The molecule has 0 aliphatic rings. The summed E-state index contributed by atoms with van der Waals surface area (Å²) in [6.45, 7) is 9.01. The van der Waals surface area contributed by atoms with Crippen molar-refractivity contribution in [2.75, 3.05) is 27.3 Å². The Bertz CT molecular complexity index is 161. The van der Waals surface area contributed by atoms with E-state index in [4.69, 9.17) is 4.74 Å². The number of ether oxygens (including phenoxy) is 1. The van der Waals surface area contributed by atoms with Crippen LogP contribution in [0.25, 0.3) is 0 Å². The van der Waals surface area contributed by atoms with Crippen molar-refractivity contribution in [3.8, 4) is 0 Å². The summed E-state index contributed by atoms with van der Waals surface area (Å²) < 4.78 is 5.21. The van der Waals surface area contributed by atoms with Gasteiger partial charge in [-0.1, -0.05) is 33.6 Å². The largest absolute Gasteiger partial charge is 0.385 e. The monoisotopic (exact) mass is 229 g/mol. The molecule has 0 aliphatic heterocycles. The molecule has 2 atom stereocenters. The molecule has 16 heavy (non-hydrogen) atoms. The molecular weight excluding hydrogens is 198 g/mol. The number of rotatable bonds is 10. The standard InChI is InChI=1S/C14H31NO/c1-6-8-10-14(7-2,12-15-4)13(3)9-11-16-5/h13,15H,6-12H2,1-5H3. The highest BCUT2D eigenvalue weighted by Gasteiger charge is 2.32. The quantitative estimate of drug-likeness (QED) is 0.619. The molecule has 98 valence electrons. The fraction of sp³-hybridized carbons (Fsp3) is 1.00. The Balaban J connectivity index is 4.44. The zero-order valence-corrected chi connectivity index (χ0v) is 11.9. The van der Waals surface area contributed by atoms with E-state index in [0.29, 0.717) is 5.41 Å². The molecule has 1 N–H and O–H groups in total. The van der Waals surface area contributed by atoms with Gasteiger partial charge in [0.15, 0.2) is 0 Å². The number of hydrogen-bond donors (Lipinski definition) is 1. The molecule has 0 fully saturated rings. The second-order valence-corrected chi connectivity index (χ2v) is 5.03. The minimum atomic E-state index is 0.462. The lowest BCUT2D eigenvalue weighted by Gasteiger charge is -2.39. The Morgan fingerprint density at radius 2 is 2.00 bits per heavy atom. The van der Waals surface area contributed by atoms with Crippen LogP contribution < -0.4 is 5.32 Å². The van der Waals surface area contributed by atoms with Gasteiger partial charge in [0, 0.05) is 20.3 Å². The van der Waals surface area contributed by atoms with Crippen molar-refractivity contribution in [1.29, 1.82) is 0 Å². The molecule has 0 aromatic heterocycles. The van der Waals surface area contributed by atoms with Crippen LogP contribution >= 0.6 is 0 Å². The highest BCUT2D eigenvalue weighted by atomic mass is 16.5. The summed E-state index contributed by atoms with van der Waals surface area (Å²) >= 11 is 0. The van der Waals surface area contributed by atoms with Gasteiger partial charge >= 0.3 is 0 Å². The zero-order chi connectivity index (χ0) is 12.4. The van der Waals surface area contributed by atoms with Gasteiger partial charge < -0.3 is 10.1 Å². The van der Waals surface area contributed by atoms with Crippen LogP contribution in [0.15, 0.2) is 0 Å². The van der Waals surface area contributed by atoms with Crippen LogP contribution in [0.2, 0.25) is 0 Å². The molecule has 0 rings (SSSR count). The summed E-state index contributed by atoms with van der Waals surface area (Å²) in [5.74, 6) is 0.733. The summed E-state index contributed by atoms with van der Waals surface area (Å²) in [5.41, 5.74) is 0.462. The molecule has 0 amide bonds. The van der Waals surface area contributed by atoms with Crippen molar-refractivity contribution in [1.82, 2.24) is 5.32 Å². The van der Waals surface area contributed by atoms with Crippen molar-refractivity contribution in [2.45, 2.75) is 52.9 Å². The molecule has 2 unspecified atom stereocenters. The summed E-state index contributed by atoms with van der Waals surface area (Å²) in [4.78, 5) is 0. The maximum Gasteiger partial charge on any atom is 0.0465 e. The summed E-state index contributed by atoms with van der Waals surface area (Å²) in [6, 6.07) is 0. The average Bonchev–Trinajstić information content (AvgIpc) is 2.31. The van der Waals surface area contributed by atoms with Gasteiger partial charge in [0.25, 0.3) is 0 Å². The zero-order valence-electron chi connectivity index (χ0n) is 11.9. The molecular formula is C14H31NO. The first-order valence-electron chi connectivity index (χ1n) is 6.80. The predicted molar refractivity (Wildman–Crippen MR) is 71.8 cm³/mol. The van der Waals surface area contributed by atoms with Crippen LogP contribution in [0.4, 0.5) is 0 Å². The number of unbranched alkanes of at least 4 members (excludes halogenated alkanes) is 1. The van der Waals surface area contributed by atoms with E-state index in [-0.39, 0.29) is 0 Å². The lowest BCUT2D eigenvalue weighted by atomic mass is 9.69. The van der Waals surface area contributed by atoms with E-state index in [9.17, 15) is 0 Å². The number of methoxy groups -OCH3 is 1. The second-order valence-electron chi connectivity index (χ2n) is 5.03. The molecule has 0 heterocycles. The lowest BCUT2D eigenvalue weighted by molar-refractivity contribution is 0.0977. The van der Waals surface area contributed by atoms with E-state index in [1.807, 2.05) is 0 Å². The third-order valence-corrected chi connectivity index (χ3v) is 4.06. The molecule has 0 radical (unpaired) electrons. The van der Waals surface area contributed by atoms with Crippen molar-refractivity contribution >= 4 is 0 Å². The normalized spacial score (nSPS) is 17.1. The van der Waals surface area contributed by atoms with E-state index in [2.05, 4.69) is 33.1 Å². The third-order valence-electron chi connectivity index (χ3n) is 4.06. The molecule has 2 heteroatoms. The van der Waals surface area contributed by atoms with Gasteiger partial charge in [-0.3, -0.25) is 0 Å². The van der Waals surface area contributed by atoms with Crippen molar-refractivity contribution < 1.29 is 4.74 Å². The van der Waals surface area contributed by atoms with Gasteiger partial charge in [-0.25, -0.2) is 0 Å². The third kappa shape index (κ3) is 4.84. The van der Waals surface area contributed by atoms with Crippen LogP contribution in [-0.2, 0) is 4.74 Å². The van der Waals surface area contributed by atoms with Crippen LogP contribution in [-0.4, -0.2) is 27.3 Å². The molecule has 0 aromatic carbocycles. The van der Waals surface area contributed by atoms with Crippen molar-refractivity contribution in [3.63, 3.8) is 0 Å². The molecule has 0 aliphatic carbocycles. The fourth-order valence-corrected chi connectivity index (χ4v) is 2.64. The maximum atomic E-state index is 5.21.